The van der Waals surface area contributed by atoms with Crippen LogP contribution in [-0.2, 0) is 19.5 Å². The molecule has 2 aromatic carbocycles. The van der Waals surface area contributed by atoms with Gasteiger partial charge in [0.2, 0.25) is 0 Å². The molecule has 0 spiro atoms. The van der Waals surface area contributed by atoms with Crippen LogP contribution in [-0.4, -0.2) is 35.6 Å². The number of benzene rings is 2. The van der Waals surface area contributed by atoms with Gasteiger partial charge in [0.25, 0.3) is 0 Å². The number of aldehydes is 1. The van der Waals surface area contributed by atoms with Crippen LogP contribution in [0.5, 0.6) is 0 Å². The molecular weight excluding hydrogens is 440 g/mol. The molecule has 0 unspecified atom stereocenters. The SMILES string of the molecule is CCCCn1c(C=O)c(CCC(C)C)n(Cc2ccc(-c3ccccc3-n3cnnn3)cc2)c1=O. The summed E-state index contributed by atoms with van der Waals surface area (Å²) in [5.74, 6) is 0.483. The van der Waals surface area contributed by atoms with Crippen molar-refractivity contribution in [2.75, 3.05) is 0 Å². The average molecular weight is 473 g/mol. The summed E-state index contributed by atoms with van der Waals surface area (Å²) in [5, 5.41) is 11.5. The highest BCUT2D eigenvalue weighted by molar-refractivity contribution is 5.74. The van der Waals surface area contributed by atoms with Gasteiger partial charge in [-0.15, -0.1) is 5.10 Å². The number of para-hydroxylation sites is 1. The van der Waals surface area contributed by atoms with E-state index in [1.807, 2.05) is 48.5 Å². The monoisotopic (exact) mass is 472 g/mol. The van der Waals surface area contributed by atoms with Gasteiger partial charge < -0.3 is 0 Å². The summed E-state index contributed by atoms with van der Waals surface area (Å²) in [6.07, 6.45) is 5.88. The molecule has 0 amide bonds. The summed E-state index contributed by atoms with van der Waals surface area (Å²) >= 11 is 0. The predicted octanol–water partition coefficient (Wildman–Crippen LogP) is 4.54. The van der Waals surface area contributed by atoms with Crippen LogP contribution in [0.1, 0.15) is 61.8 Å². The molecule has 0 atom stereocenters. The number of imidazole rings is 1. The van der Waals surface area contributed by atoms with Crippen LogP contribution in [0.25, 0.3) is 16.8 Å². The number of nitrogens with zero attached hydrogens (tertiary/aromatic N) is 6. The molecule has 2 heterocycles. The Morgan fingerprint density at radius 1 is 1.03 bits per heavy atom. The van der Waals surface area contributed by atoms with Gasteiger partial charge in [-0.1, -0.05) is 69.7 Å². The third-order valence-corrected chi connectivity index (χ3v) is 6.29. The Hall–Kier alpha value is -3.81. The molecule has 0 radical (unpaired) electrons. The zero-order valence-corrected chi connectivity index (χ0v) is 20.6. The Labute approximate surface area is 205 Å². The maximum absolute atomic E-state index is 13.3. The van der Waals surface area contributed by atoms with Gasteiger partial charge in [-0.2, -0.15) is 4.68 Å². The van der Waals surface area contributed by atoms with Crippen molar-refractivity contribution in [2.24, 2.45) is 5.92 Å². The minimum Gasteiger partial charge on any atom is -0.296 e. The molecule has 0 aliphatic carbocycles. The van der Waals surface area contributed by atoms with Crippen LogP contribution < -0.4 is 5.69 Å². The van der Waals surface area contributed by atoms with Crippen LogP contribution in [0.15, 0.2) is 59.7 Å². The first kappa shape index (κ1) is 24.3. The highest BCUT2D eigenvalue weighted by Crippen LogP contribution is 2.26. The highest BCUT2D eigenvalue weighted by Gasteiger charge is 2.20. The minimum absolute atomic E-state index is 0.104. The lowest BCUT2D eigenvalue weighted by molar-refractivity contribution is 0.111. The van der Waals surface area contributed by atoms with Crippen LogP contribution in [0.4, 0.5) is 0 Å². The minimum atomic E-state index is -0.104. The second-order valence-electron chi connectivity index (χ2n) is 9.22. The summed E-state index contributed by atoms with van der Waals surface area (Å²) < 4.78 is 5.08. The Bertz CT molecular complexity index is 1320. The van der Waals surface area contributed by atoms with E-state index in [1.165, 1.54) is 0 Å². The van der Waals surface area contributed by atoms with Crippen molar-refractivity contribution in [2.45, 2.75) is 59.5 Å². The van der Waals surface area contributed by atoms with E-state index in [2.05, 4.69) is 36.3 Å². The summed E-state index contributed by atoms with van der Waals surface area (Å²) in [4.78, 5) is 25.4. The summed E-state index contributed by atoms with van der Waals surface area (Å²) in [6, 6.07) is 16.1. The number of tetrazole rings is 1. The molecule has 4 rings (SSSR count). The van der Waals surface area contributed by atoms with Crippen LogP contribution in [0.2, 0.25) is 0 Å². The first-order chi connectivity index (χ1) is 17.0. The molecule has 0 saturated heterocycles. The first-order valence-corrected chi connectivity index (χ1v) is 12.2. The summed E-state index contributed by atoms with van der Waals surface area (Å²) in [5.41, 5.74) is 5.19. The van der Waals surface area contributed by atoms with Crippen molar-refractivity contribution in [1.82, 2.24) is 29.3 Å². The molecule has 8 heteroatoms. The summed E-state index contributed by atoms with van der Waals surface area (Å²) in [6.45, 7) is 7.40. The first-order valence-electron chi connectivity index (χ1n) is 12.2. The smallest absolute Gasteiger partial charge is 0.296 e. The Balaban J connectivity index is 1.67. The number of hydrogen-bond acceptors (Lipinski definition) is 5. The number of aromatic nitrogens is 6. The van der Waals surface area contributed by atoms with Gasteiger partial charge in [-0.3, -0.25) is 13.9 Å². The van der Waals surface area contributed by atoms with Gasteiger partial charge in [0, 0.05) is 12.1 Å². The fraction of sp³-hybridized carbons (Fsp3) is 0.370. The van der Waals surface area contributed by atoms with E-state index in [0.717, 1.165) is 53.6 Å². The molecule has 0 aliphatic heterocycles. The largest absolute Gasteiger partial charge is 0.329 e. The van der Waals surface area contributed by atoms with E-state index in [1.54, 1.807) is 20.1 Å². The molecule has 0 bridgehead atoms. The number of hydrogen-bond donors (Lipinski definition) is 0. The standard InChI is InChI=1S/C27H32N6O2/c1-4-5-16-31-26(18-34)25(15-10-20(2)3)32(27(31)35)17-21-11-13-22(14-12-21)23-8-6-7-9-24(23)33-19-28-29-30-33/h6-9,11-14,18-20H,4-5,10,15-17H2,1-3H3. The van der Waals surface area contributed by atoms with Crippen LogP contribution >= 0.6 is 0 Å². The van der Waals surface area contributed by atoms with E-state index in [9.17, 15) is 9.59 Å². The second kappa shape index (κ2) is 11.1. The van der Waals surface area contributed by atoms with E-state index >= 15 is 0 Å². The lowest BCUT2D eigenvalue weighted by Gasteiger charge is -2.12. The normalized spacial score (nSPS) is 11.3. The van der Waals surface area contributed by atoms with Gasteiger partial charge in [0.1, 0.15) is 12.0 Å². The number of carbonyl (C=O) groups is 1. The third-order valence-electron chi connectivity index (χ3n) is 6.29. The number of rotatable bonds is 11. The van der Waals surface area contributed by atoms with E-state index < -0.39 is 0 Å². The second-order valence-corrected chi connectivity index (χ2v) is 9.22. The third kappa shape index (κ3) is 5.31. The Kier molecular flexibility index (Phi) is 7.70. The Morgan fingerprint density at radius 2 is 1.80 bits per heavy atom. The number of carbonyl (C=O) groups excluding carboxylic acids is 1. The van der Waals surface area contributed by atoms with Gasteiger partial charge in [-0.05, 0) is 52.8 Å². The van der Waals surface area contributed by atoms with Crippen molar-refractivity contribution in [3.63, 3.8) is 0 Å². The molecule has 0 saturated carbocycles. The maximum atomic E-state index is 13.3. The fourth-order valence-corrected chi connectivity index (χ4v) is 4.34. The number of unbranched alkanes of at least 4 members (excludes halogenated alkanes) is 1. The van der Waals surface area contributed by atoms with E-state index in [-0.39, 0.29) is 5.69 Å². The molecule has 4 aromatic rings. The molecule has 2 aromatic heterocycles. The zero-order chi connectivity index (χ0) is 24.8. The molecule has 0 aliphatic rings. The van der Waals surface area contributed by atoms with Gasteiger partial charge in [0.05, 0.1) is 17.9 Å². The van der Waals surface area contributed by atoms with Gasteiger partial charge >= 0.3 is 5.69 Å². The topological polar surface area (TPSA) is 87.6 Å². The van der Waals surface area contributed by atoms with Crippen LogP contribution in [0, 0.1) is 5.92 Å². The maximum Gasteiger partial charge on any atom is 0.329 e. The zero-order valence-electron chi connectivity index (χ0n) is 20.6. The fourth-order valence-electron chi connectivity index (χ4n) is 4.34. The molecule has 35 heavy (non-hydrogen) atoms. The van der Waals surface area contributed by atoms with Crippen molar-refractivity contribution in [3.05, 3.63) is 82.3 Å². The molecule has 8 nitrogen and oxygen atoms in total. The molecule has 182 valence electrons. The van der Waals surface area contributed by atoms with Gasteiger partial charge in [-0.25, -0.2) is 4.79 Å². The van der Waals surface area contributed by atoms with Crippen molar-refractivity contribution in [1.29, 1.82) is 0 Å². The summed E-state index contributed by atoms with van der Waals surface area (Å²) in [7, 11) is 0. The lowest BCUT2D eigenvalue weighted by Crippen LogP contribution is -2.26. The van der Waals surface area contributed by atoms with E-state index in [0.29, 0.717) is 31.1 Å². The van der Waals surface area contributed by atoms with Crippen molar-refractivity contribution < 1.29 is 4.79 Å². The predicted molar refractivity (Wildman–Crippen MR) is 136 cm³/mol. The average Bonchev–Trinajstić information content (AvgIpc) is 3.49. The van der Waals surface area contributed by atoms with Crippen molar-refractivity contribution in [3.8, 4) is 16.8 Å². The van der Waals surface area contributed by atoms with Gasteiger partial charge in [0.15, 0.2) is 6.29 Å². The molecule has 0 fully saturated rings. The molecule has 0 N–H and O–H groups in total. The highest BCUT2D eigenvalue weighted by atomic mass is 16.2. The molecular formula is C27H32N6O2. The lowest BCUT2D eigenvalue weighted by atomic mass is 10.0. The quantitative estimate of drug-likeness (QED) is 0.299. The van der Waals surface area contributed by atoms with E-state index in [4.69, 9.17) is 0 Å². The van der Waals surface area contributed by atoms with Crippen LogP contribution in [0.3, 0.4) is 0 Å². The Morgan fingerprint density at radius 3 is 2.46 bits per heavy atom. The van der Waals surface area contributed by atoms with Crippen molar-refractivity contribution >= 4 is 6.29 Å².